The maximum atomic E-state index is 16.6. The van der Waals surface area contributed by atoms with Crippen LogP contribution in [0.15, 0.2) is 113 Å². The van der Waals surface area contributed by atoms with E-state index in [0.29, 0.717) is 52.8 Å². The van der Waals surface area contributed by atoms with Crippen LogP contribution in [0.4, 0.5) is 10.5 Å². The average Bonchev–Trinajstić information content (AvgIpc) is 4.14. The summed E-state index contributed by atoms with van der Waals surface area (Å²) in [6.45, 7) is 15.1. The van der Waals surface area contributed by atoms with E-state index in [-0.39, 0.29) is 55.7 Å². The van der Waals surface area contributed by atoms with Crippen LogP contribution in [-0.4, -0.2) is 123 Å². The average molecular weight is 1120 g/mol. The van der Waals surface area contributed by atoms with Gasteiger partial charge in [0.15, 0.2) is 14.1 Å². The van der Waals surface area contributed by atoms with Crippen molar-refractivity contribution in [3.05, 3.63) is 131 Å². The number of tetrazole rings is 1. The number of hydrogen-bond acceptors (Lipinski definition) is 16. The van der Waals surface area contributed by atoms with Gasteiger partial charge in [-0.1, -0.05) is 57.2 Å². The number of methoxy groups -OCH3 is 3. The Morgan fingerprint density at radius 1 is 0.795 bits per heavy atom. The van der Waals surface area contributed by atoms with Gasteiger partial charge in [0.25, 0.3) is 0 Å². The van der Waals surface area contributed by atoms with Gasteiger partial charge in [0.2, 0.25) is 25.8 Å². The van der Waals surface area contributed by atoms with E-state index in [4.69, 9.17) is 28.4 Å². The Balaban J connectivity index is 1.35. The zero-order valence-corrected chi connectivity index (χ0v) is 48.6. The summed E-state index contributed by atoms with van der Waals surface area (Å²) >= 11 is 0. The third-order valence-electron chi connectivity index (χ3n) is 13.8. The van der Waals surface area contributed by atoms with E-state index in [1.807, 2.05) is 61.5 Å². The summed E-state index contributed by atoms with van der Waals surface area (Å²) in [5.41, 5.74) is 3.05. The fraction of sp³-hybridized carbons (Fsp3) is 0.407. The van der Waals surface area contributed by atoms with Gasteiger partial charge in [0.05, 0.1) is 57.5 Å². The summed E-state index contributed by atoms with van der Waals surface area (Å²) in [6.07, 6.45) is 2.35. The first kappa shape index (κ1) is 57.2. The highest BCUT2D eigenvalue weighted by atomic mass is 32.2. The molecule has 0 fully saturated rings. The Bertz CT molecular complexity index is 3400. The van der Waals surface area contributed by atoms with Crippen LogP contribution in [0.25, 0.3) is 17.2 Å². The number of ether oxygens (including phenoxy) is 4. The van der Waals surface area contributed by atoms with E-state index < -0.39 is 56.0 Å². The minimum atomic E-state index is -4.99. The minimum absolute atomic E-state index is 0.0170. The first-order chi connectivity index (χ1) is 36.9. The van der Waals surface area contributed by atoms with Gasteiger partial charge in [0, 0.05) is 57.2 Å². The van der Waals surface area contributed by atoms with Crippen LogP contribution in [0.5, 0.6) is 17.2 Å². The second-order valence-corrected chi connectivity index (χ2v) is 29.8. The molecule has 416 valence electrons. The van der Waals surface area contributed by atoms with Crippen molar-refractivity contribution < 1.29 is 45.0 Å². The van der Waals surface area contributed by atoms with E-state index in [1.165, 1.54) is 29.3 Å². The Labute approximate surface area is 457 Å². The number of nitrogens with one attached hydrogen (secondary N) is 2. The normalized spacial score (nSPS) is 13.8. The minimum Gasteiger partial charge on any atom is -0.497 e. The fourth-order valence-electron chi connectivity index (χ4n) is 8.71. The largest absolute Gasteiger partial charge is 0.497 e. The highest BCUT2D eigenvalue weighted by Gasteiger charge is 2.42. The maximum Gasteiger partial charge on any atom is 0.407 e. The van der Waals surface area contributed by atoms with Crippen molar-refractivity contribution >= 4 is 45.9 Å². The van der Waals surface area contributed by atoms with Crippen molar-refractivity contribution in [3.8, 4) is 28.6 Å². The number of anilines is 1. The number of amides is 1. The summed E-state index contributed by atoms with van der Waals surface area (Å²) in [7, 11) is -7.87. The van der Waals surface area contributed by atoms with Crippen LogP contribution in [0.3, 0.4) is 0 Å². The molecule has 2 N–H and O–H groups in total. The summed E-state index contributed by atoms with van der Waals surface area (Å²) in [5.74, 6) is 2.23. The van der Waals surface area contributed by atoms with Gasteiger partial charge in [-0.3, -0.25) is 4.40 Å². The van der Waals surface area contributed by atoms with E-state index in [1.54, 1.807) is 107 Å². The van der Waals surface area contributed by atoms with E-state index >= 15 is 16.8 Å². The molecule has 0 saturated carbocycles. The number of imidazole rings is 1. The third kappa shape index (κ3) is 13.1. The monoisotopic (exact) mass is 1120 g/mol. The molecule has 21 nitrogen and oxygen atoms in total. The van der Waals surface area contributed by atoms with Crippen molar-refractivity contribution in [2.75, 3.05) is 45.9 Å². The number of carbonyl (C=O) groups is 1. The lowest BCUT2D eigenvalue weighted by atomic mass is 10.1. The molecule has 0 spiro atoms. The quantitative estimate of drug-likeness (QED) is 0.0659. The van der Waals surface area contributed by atoms with E-state index in [9.17, 15) is 4.79 Å². The Morgan fingerprint density at radius 3 is 1.95 bits per heavy atom. The molecule has 1 atom stereocenters. The Kier molecular flexibility index (Phi) is 17.0. The van der Waals surface area contributed by atoms with Crippen LogP contribution in [-0.2, 0) is 61.8 Å². The van der Waals surface area contributed by atoms with Crippen molar-refractivity contribution in [3.63, 3.8) is 0 Å². The smallest absolute Gasteiger partial charge is 0.407 e. The van der Waals surface area contributed by atoms with Crippen LogP contribution in [0.1, 0.15) is 69.6 Å². The van der Waals surface area contributed by atoms with Crippen LogP contribution in [0.2, 0.25) is 18.1 Å². The molecular formula is C54H69N11O10S2Si. The molecule has 0 unspecified atom stereocenters. The number of alkyl carbamates (subject to hydrolysis) is 1. The van der Waals surface area contributed by atoms with Crippen molar-refractivity contribution in [2.24, 2.45) is 0 Å². The molecule has 0 aliphatic carbocycles. The molecule has 1 aliphatic heterocycles. The molecule has 4 heterocycles. The zero-order chi connectivity index (χ0) is 56.2. The van der Waals surface area contributed by atoms with Gasteiger partial charge in [-0.15, -0.1) is 5.10 Å². The predicted octanol–water partition coefficient (Wildman–Crippen LogP) is 7.60. The maximum absolute atomic E-state index is 16.6. The molecular weight excluding hydrogens is 1050 g/mol. The molecule has 8 rings (SSSR count). The highest BCUT2D eigenvalue weighted by Crippen LogP contribution is 2.43. The summed E-state index contributed by atoms with van der Waals surface area (Å²) in [6, 6.07) is 25.9. The Hall–Kier alpha value is -6.96. The van der Waals surface area contributed by atoms with Gasteiger partial charge >= 0.3 is 6.09 Å². The molecule has 24 heteroatoms. The summed E-state index contributed by atoms with van der Waals surface area (Å²) < 4.78 is 100. The molecule has 1 amide bonds. The highest BCUT2D eigenvalue weighted by molar-refractivity contribution is 7.92. The van der Waals surface area contributed by atoms with Gasteiger partial charge < -0.3 is 33.6 Å². The molecule has 3 aromatic heterocycles. The van der Waals surface area contributed by atoms with Gasteiger partial charge in [-0.25, -0.2) is 41.0 Å². The molecule has 78 heavy (non-hydrogen) atoms. The lowest BCUT2D eigenvalue weighted by molar-refractivity contribution is 0.0498. The molecule has 0 radical (unpaired) electrons. The van der Waals surface area contributed by atoms with Crippen LogP contribution < -0.4 is 29.1 Å². The first-order valence-electron chi connectivity index (χ1n) is 25.4. The SMILES string of the molecule is COc1ccc(CN(Cc2ccc(OC)cc2)S(=O)(=O)c2c(S(=O)(=O)NC[C@@H](CNC(=O)OC(C)(C)C)O[Si](C)(C)C(C)(C)C)ccc(N3CCc4nc5ncccn5c4C3)c2-c2nnnn2Cc2ccc(OC)cc2)cc1. The number of hydrogen-bond donors (Lipinski definition) is 2. The first-order valence-corrected chi connectivity index (χ1v) is 31.3. The van der Waals surface area contributed by atoms with Gasteiger partial charge in [-0.05, 0) is 121 Å². The zero-order valence-electron chi connectivity index (χ0n) is 46.0. The summed E-state index contributed by atoms with van der Waals surface area (Å²) in [5, 5.41) is 15.5. The number of aromatic nitrogens is 7. The van der Waals surface area contributed by atoms with Crippen molar-refractivity contribution in [1.29, 1.82) is 0 Å². The molecule has 0 bridgehead atoms. The predicted molar refractivity (Wildman–Crippen MR) is 297 cm³/mol. The fourth-order valence-corrected chi connectivity index (χ4v) is 13.5. The molecule has 7 aromatic rings. The number of benzene rings is 4. The second-order valence-electron chi connectivity index (χ2n) is 21.5. The second kappa shape index (κ2) is 23.2. The van der Waals surface area contributed by atoms with Crippen LogP contribution in [0, 0.1) is 0 Å². The number of rotatable bonds is 21. The number of fused-ring (bicyclic) bond motifs is 3. The standard InChI is InChI=1S/C54H69N11O10S2Si/c1-53(2,3)74-52(66)56-31-43(75-78(10,11)54(4,5)6)32-57-76(67,68)47-26-25-45(62-30-27-44-46(36-62)64-29-12-28-55-51(64)58-44)48(50-59-60-61-65(50)35-39-17-23-42(73-9)24-18-39)49(47)77(69,70)63(33-37-13-19-40(71-7)20-14-37)34-38-15-21-41(72-8)22-16-38/h12-26,28-29,43,57H,27,30-36H2,1-11H3,(H,56,66)/t43-/m1/s1. The molecule has 1 aliphatic rings. The number of sulfonamides is 2. The topological polar surface area (TPSA) is 236 Å². The van der Waals surface area contributed by atoms with Crippen molar-refractivity contribution in [1.82, 2.24) is 48.9 Å². The van der Waals surface area contributed by atoms with Crippen LogP contribution >= 0.6 is 0 Å². The van der Waals surface area contributed by atoms with Gasteiger partial charge in [-0.2, -0.15) is 4.31 Å². The van der Waals surface area contributed by atoms with E-state index in [2.05, 4.69) is 30.5 Å². The summed E-state index contributed by atoms with van der Waals surface area (Å²) in [4.78, 5) is 23.2. The lowest BCUT2D eigenvalue weighted by Gasteiger charge is -2.39. The number of carbonyl (C=O) groups excluding carboxylic acids is 1. The lowest BCUT2D eigenvalue weighted by Crippen LogP contribution is -2.51. The Morgan fingerprint density at radius 2 is 1.38 bits per heavy atom. The van der Waals surface area contributed by atoms with Crippen molar-refractivity contribution in [2.45, 2.75) is 114 Å². The number of nitrogens with zero attached hydrogens (tertiary/aromatic N) is 9. The molecule has 0 saturated heterocycles. The molecule has 4 aromatic carbocycles. The van der Waals surface area contributed by atoms with Gasteiger partial charge in [0.1, 0.15) is 32.6 Å². The van der Waals surface area contributed by atoms with E-state index in [0.717, 1.165) is 17.0 Å². The third-order valence-corrected chi connectivity index (χ3v) is 21.8.